The summed E-state index contributed by atoms with van der Waals surface area (Å²) in [5.74, 6) is -0.299. The predicted molar refractivity (Wildman–Crippen MR) is 94.1 cm³/mol. The number of carbonyl (C=O) groups is 2. The number of aromatic nitrogens is 3. The molecule has 2 aromatic heterocycles. The summed E-state index contributed by atoms with van der Waals surface area (Å²) in [7, 11) is 3.75. The number of hydrogen-bond acceptors (Lipinski definition) is 3. The summed E-state index contributed by atoms with van der Waals surface area (Å²) in [5, 5.41) is 4.41. The van der Waals surface area contributed by atoms with Crippen molar-refractivity contribution in [2.24, 2.45) is 19.8 Å². The van der Waals surface area contributed by atoms with E-state index in [4.69, 9.17) is 5.73 Å². The van der Waals surface area contributed by atoms with E-state index in [1.54, 1.807) is 0 Å². The minimum atomic E-state index is -0.433. The molecule has 3 heterocycles. The van der Waals surface area contributed by atoms with Crippen molar-refractivity contribution in [2.45, 2.75) is 39.7 Å². The van der Waals surface area contributed by atoms with Crippen molar-refractivity contribution in [1.29, 1.82) is 0 Å². The summed E-state index contributed by atoms with van der Waals surface area (Å²) >= 11 is 0. The number of amides is 2. The Bertz CT molecular complexity index is 846. The molecule has 3 rings (SSSR count). The summed E-state index contributed by atoms with van der Waals surface area (Å²) < 4.78 is 3.67. The molecular weight excluding hydrogens is 318 g/mol. The molecule has 25 heavy (non-hydrogen) atoms. The first-order valence-electron chi connectivity index (χ1n) is 8.53. The zero-order valence-corrected chi connectivity index (χ0v) is 15.3. The topological polar surface area (TPSA) is 86.2 Å². The van der Waals surface area contributed by atoms with Crippen LogP contribution in [0.3, 0.4) is 0 Å². The van der Waals surface area contributed by atoms with Crippen molar-refractivity contribution < 1.29 is 9.59 Å². The van der Waals surface area contributed by atoms with Gasteiger partial charge in [0.05, 0.1) is 12.2 Å². The highest BCUT2D eigenvalue weighted by Crippen LogP contribution is 2.23. The lowest BCUT2D eigenvalue weighted by Crippen LogP contribution is -2.36. The van der Waals surface area contributed by atoms with Crippen LogP contribution < -0.4 is 5.73 Å². The van der Waals surface area contributed by atoms with E-state index in [1.807, 2.05) is 48.2 Å². The zero-order chi connectivity index (χ0) is 18.3. The average Bonchev–Trinajstić information content (AvgIpc) is 3.02. The maximum absolute atomic E-state index is 12.7. The normalized spacial score (nSPS) is 13.8. The van der Waals surface area contributed by atoms with Crippen LogP contribution in [0.1, 0.15) is 45.1 Å². The van der Waals surface area contributed by atoms with Crippen LogP contribution in [-0.4, -0.2) is 37.6 Å². The van der Waals surface area contributed by atoms with E-state index in [2.05, 4.69) is 5.10 Å². The molecule has 0 spiro atoms. The van der Waals surface area contributed by atoms with E-state index in [-0.39, 0.29) is 5.91 Å². The first-order valence-corrected chi connectivity index (χ1v) is 8.53. The van der Waals surface area contributed by atoms with Crippen LogP contribution in [0.4, 0.5) is 0 Å². The summed E-state index contributed by atoms with van der Waals surface area (Å²) in [6.45, 7) is 5.22. The van der Waals surface area contributed by atoms with Crippen molar-refractivity contribution >= 4 is 11.8 Å². The Morgan fingerprint density at radius 1 is 1.28 bits per heavy atom. The van der Waals surface area contributed by atoms with E-state index >= 15 is 0 Å². The van der Waals surface area contributed by atoms with Gasteiger partial charge in [-0.25, -0.2) is 0 Å². The fourth-order valence-corrected chi connectivity index (χ4v) is 3.66. The molecule has 1 aliphatic heterocycles. The molecule has 2 N–H and O–H groups in total. The Kier molecular flexibility index (Phi) is 4.41. The van der Waals surface area contributed by atoms with Crippen molar-refractivity contribution in [3.05, 3.63) is 40.0 Å². The molecule has 0 bridgehead atoms. The minimum Gasteiger partial charge on any atom is -0.364 e. The molecule has 0 aliphatic carbocycles. The van der Waals surface area contributed by atoms with Crippen LogP contribution in [0.15, 0.2) is 6.07 Å². The van der Waals surface area contributed by atoms with E-state index in [1.165, 1.54) is 0 Å². The van der Waals surface area contributed by atoms with Gasteiger partial charge < -0.3 is 15.2 Å². The second-order valence-corrected chi connectivity index (χ2v) is 6.76. The SMILES string of the molecule is Cc1nn(C)c(C)c1CCC(=O)N1CCc2cc(C(N)=O)n(C)c2C1. The molecule has 0 aromatic carbocycles. The molecule has 0 saturated heterocycles. The smallest absolute Gasteiger partial charge is 0.265 e. The van der Waals surface area contributed by atoms with Crippen molar-refractivity contribution in [2.75, 3.05) is 6.54 Å². The van der Waals surface area contributed by atoms with Crippen LogP contribution in [0.5, 0.6) is 0 Å². The average molecular weight is 343 g/mol. The standard InChI is InChI=1S/C18H25N5O2/c1-11-14(12(2)22(4)20-11)5-6-17(24)23-8-7-13-9-15(18(19)25)21(3)16(13)10-23/h9H,5-8,10H2,1-4H3,(H2,19,25). The molecule has 2 aromatic rings. The lowest BCUT2D eigenvalue weighted by molar-refractivity contribution is -0.132. The van der Waals surface area contributed by atoms with E-state index in [9.17, 15) is 9.59 Å². The van der Waals surface area contributed by atoms with Crippen LogP contribution in [-0.2, 0) is 38.3 Å². The fraction of sp³-hybridized carbons (Fsp3) is 0.500. The van der Waals surface area contributed by atoms with Crippen molar-refractivity contribution in [1.82, 2.24) is 19.2 Å². The predicted octanol–water partition coefficient (Wildman–Crippen LogP) is 0.992. The number of nitrogens with zero attached hydrogens (tertiary/aromatic N) is 4. The number of nitrogens with two attached hydrogens (primary N) is 1. The first-order chi connectivity index (χ1) is 11.8. The first kappa shape index (κ1) is 17.3. The molecule has 2 amide bonds. The number of fused-ring (bicyclic) bond motifs is 1. The van der Waals surface area contributed by atoms with Gasteiger partial charge >= 0.3 is 0 Å². The third-order valence-corrected chi connectivity index (χ3v) is 5.29. The molecule has 0 saturated carbocycles. The van der Waals surface area contributed by atoms with E-state index in [0.717, 1.165) is 34.6 Å². The number of aryl methyl sites for hydroxylation is 2. The highest BCUT2D eigenvalue weighted by atomic mass is 16.2. The van der Waals surface area contributed by atoms with Gasteiger partial charge in [0.15, 0.2) is 0 Å². The van der Waals surface area contributed by atoms with Gasteiger partial charge in [0.25, 0.3) is 5.91 Å². The molecule has 7 nitrogen and oxygen atoms in total. The third kappa shape index (κ3) is 3.06. The maximum atomic E-state index is 12.7. The molecule has 0 unspecified atom stereocenters. The molecule has 0 radical (unpaired) electrons. The highest BCUT2D eigenvalue weighted by molar-refractivity contribution is 5.91. The molecule has 1 aliphatic rings. The Balaban J connectivity index is 1.69. The summed E-state index contributed by atoms with van der Waals surface area (Å²) in [6.07, 6.45) is 1.93. The highest BCUT2D eigenvalue weighted by Gasteiger charge is 2.25. The van der Waals surface area contributed by atoms with Gasteiger partial charge in [-0.05, 0) is 43.9 Å². The van der Waals surface area contributed by atoms with Crippen molar-refractivity contribution in [3.63, 3.8) is 0 Å². The van der Waals surface area contributed by atoms with Gasteiger partial charge in [-0.3, -0.25) is 14.3 Å². The maximum Gasteiger partial charge on any atom is 0.265 e. The molecule has 0 atom stereocenters. The fourth-order valence-electron chi connectivity index (χ4n) is 3.66. The lowest BCUT2D eigenvalue weighted by Gasteiger charge is -2.28. The summed E-state index contributed by atoms with van der Waals surface area (Å²) in [5.41, 5.74) is 11.3. The number of rotatable bonds is 4. The number of primary amides is 1. The zero-order valence-electron chi connectivity index (χ0n) is 15.3. The lowest BCUT2D eigenvalue weighted by atomic mass is 10.0. The number of hydrogen-bond donors (Lipinski definition) is 1. The molecule has 7 heteroatoms. The third-order valence-electron chi connectivity index (χ3n) is 5.29. The van der Waals surface area contributed by atoms with E-state index in [0.29, 0.717) is 31.6 Å². The molecule has 134 valence electrons. The van der Waals surface area contributed by atoms with Gasteiger partial charge in [-0.2, -0.15) is 5.10 Å². The van der Waals surface area contributed by atoms with Gasteiger partial charge in [0.2, 0.25) is 5.91 Å². The Morgan fingerprint density at radius 2 is 2.00 bits per heavy atom. The monoisotopic (exact) mass is 343 g/mol. The van der Waals surface area contributed by atoms with Gasteiger partial charge in [0.1, 0.15) is 5.69 Å². The van der Waals surface area contributed by atoms with Gasteiger partial charge in [0, 0.05) is 38.4 Å². The Hall–Kier alpha value is -2.57. The quantitative estimate of drug-likeness (QED) is 0.898. The van der Waals surface area contributed by atoms with Crippen LogP contribution in [0.25, 0.3) is 0 Å². The number of carbonyl (C=O) groups excluding carboxylic acids is 2. The minimum absolute atomic E-state index is 0.134. The second kappa shape index (κ2) is 6.38. The largest absolute Gasteiger partial charge is 0.364 e. The van der Waals surface area contributed by atoms with Crippen LogP contribution in [0, 0.1) is 13.8 Å². The Morgan fingerprint density at radius 3 is 2.60 bits per heavy atom. The van der Waals surface area contributed by atoms with Crippen LogP contribution in [0.2, 0.25) is 0 Å². The second-order valence-electron chi connectivity index (χ2n) is 6.76. The van der Waals surface area contributed by atoms with Crippen molar-refractivity contribution in [3.8, 4) is 0 Å². The van der Waals surface area contributed by atoms with Gasteiger partial charge in [-0.15, -0.1) is 0 Å². The molecule has 0 fully saturated rings. The molecular formula is C18H25N5O2. The Labute approximate surface area is 147 Å². The van der Waals surface area contributed by atoms with E-state index < -0.39 is 5.91 Å². The van der Waals surface area contributed by atoms with Crippen LogP contribution >= 0.6 is 0 Å². The summed E-state index contributed by atoms with van der Waals surface area (Å²) in [4.78, 5) is 26.0. The van der Waals surface area contributed by atoms with Gasteiger partial charge in [-0.1, -0.05) is 0 Å². The summed E-state index contributed by atoms with van der Waals surface area (Å²) in [6, 6.07) is 1.85.